The van der Waals surface area contributed by atoms with E-state index in [4.69, 9.17) is 23.2 Å². The van der Waals surface area contributed by atoms with Gasteiger partial charge >= 0.3 is 6.18 Å². The van der Waals surface area contributed by atoms with E-state index in [1.54, 1.807) is 36.4 Å². The zero-order valence-electron chi connectivity index (χ0n) is 11.5. The van der Waals surface area contributed by atoms with Gasteiger partial charge in [0, 0.05) is 10.6 Å². The highest BCUT2D eigenvalue weighted by molar-refractivity contribution is 6.35. The van der Waals surface area contributed by atoms with Crippen LogP contribution in [0.4, 0.5) is 13.2 Å². The van der Waals surface area contributed by atoms with Crippen molar-refractivity contribution in [2.24, 2.45) is 0 Å². The lowest BCUT2D eigenvalue weighted by atomic mass is 10.1. The zero-order valence-corrected chi connectivity index (χ0v) is 13.0. The molecule has 2 nitrogen and oxygen atoms in total. The van der Waals surface area contributed by atoms with E-state index in [0.29, 0.717) is 22.0 Å². The van der Waals surface area contributed by atoms with Crippen molar-refractivity contribution in [2.45, 2.75) is 6.18 Å². The summed E-state index contributed by atoms with van der Waals surface area (Å²) in [6.45, 7) is 0. The molecule has 2 aromatic carbocycles. The average Bonchev–Trinajstić information content (AvgIpc) is 2.93. The van der Waals surface area contributed by atoms with Crippen LogP contribution in [-0.2, 0) is 6.18 Å². The molecular weight excluding hydrogens is 348 g/mol. The number of rotatable bonds is 2. The van der Waals surface area contributed by atoms with Crippen LogP contribution >= 0.6 is 23.2 Å². The van der Waals surface area contributed by atoms with Crippen LogP contribution in [-0.4, -0.2) is 9.78 Å². The van der Waals surface area contributed by atoms with Crippen molar-refractivity contribution in [2.75, 3.05) is 0 Å². The molecule has 0 aliphatic rings. The SMILES string of the molecule is FC(F)(F)c1cc(-c2ccccc2)n(-c2ccc(Cl)cc2Cl)n1. The Morgan fingerprint density at radius 2 is 1.61 bits per heavy atom. The second-order valence-corrected chi connectivity index (χ2v) is 5.63. The highest BCUT2D eigenvalue weighted by Crippen LogP contribution is 2.35. The molecule has 23 heavy (non-hydrogen) atoms. The van der Waals surface area contributed by atoms with E-state index in [2.05, 4.69) is 5.10 Å². The molecule has 118 valence electrons. The lowest BCUT2D eigenvalue weighted by Gasteiger charge is -2.09. The van der Waals surface area contributed by atoms with Crippen LogP contribution in [0.2, 0.25) is 10.0 Å². The molecule has 0 saturated carbocycles. The summed E-state index contributed by atoms with van der Waals surface area (Å²) in [5.41, 5.74) is 0.233. The van der Waals surface area contributed by atoms with Crippen LogP contribution in [0.1, 0.15) is 5.69 Å². The molecule has 0 fully saturated rings. The summed E-state index contributed by atoms with van der Waals surface area (Å²) in [5.74, 6) is 0. The van der Waals surface area contributed by atoms with Crippen molar-refractivity contribution in [1.82, 2.24) is 9.78 Å². The summed E-state index contributed by atoms with van der Waals surface area (Å²) in [7, 11) is 0. The smallest absolute Gasteiger partial charge is 0.231 e. The van der Waals surface area contributed by atoms with Gasteiger partial charge in [-0.3, -0.25) is 0 Å². The second kappa shape index (κ2) is 5.91. The molecular formula is C16H9Cl2F3N2. The Balaban J connectivity index is 2.24. The molecule has 0 N–H and O–H groups in total. The van der Waals surface area contributed by atoms with Gasteiger partial charge in [0.2, 0.25) is 0 Å². The largest absolute Gasteiger partial charge is 0.435 e. The van der Waals surface area contributed by atoms with Crippen molar-refractivity contribution in [1.29, 1.82) is 0 Å². The third kappa shape index (κ3) is 3.21. The van der Waals surface area contributed by atoms with Gasteiger partial charge in [-0.05, 0) is 24.3 Å². The molecule has 0 amide bonds. The highest BCUT2D eigenvalue weighted by Gasteiger charge is 2.35. The monoisotopic (exact) mass is 356 g/mol. The van der Waals surface area contributed by atoms with Crippen LogP contribution in [0, 0.1) is 0 Å². The minimum absolute atomic E-state index is 0.214. The van der Waals surface area contributed by atoms with Crippen molar-refractivity contribution in [3.8, 4) is 16.9 Å². The molecule has 0 atom stereocenters. The van der Waals surface area contributed by atoms with Gasteiger partial charge in [-0.2, -0.15) is 18.3 Å². The molecule has 0 unspecified atom stereocenters. The molecule has 0 aliphatic heterocycles. The van der Waals surface area contributed by atoms with Crippen LogP contribution in [0.5, 0.6) is 0 Å². The van der Waals surface area contributed by atoms with Gasteiger partial charge in [0.05, 0.1) is 16.4 Å². The third-order valence-corrected chi connectivity index (χ3v) is 3.75. The van der Waals surface area contributed by atoms with Crippen molar-refractivity contribution in [3.63, 3.8) is 0 Å². The predicted octanol–water partition coefficient (Wildman–Crippen LogP) is 5.86. The van der Waals surface area contributed by atoms with Gasteiger partial charge in [-0.15, -0.1) is 0 Å². The van der Waals surface area contributed by atoms with Crippen LogP contribution in [0.3, 0.4) is 0 Å². The normalized spacial score (nSPS) is 11.7. The van der Waals surface area contributed by atoms with Gasteiger partial charge in [-0.25, -0.2) is 4.68 Å². The number of hydrogen-bond donors (Lipinski definition) is 0. The lowest BCUT2D eigenvalue weighted by Crippen LogP contribution is -2.07. The minimum Gasteiger partial charge on any atom is -0.231 e. The van der Waals surface area contributed by atoms with E-state index < -0.39 is 11.9 Å². The minimum atomic E-state index is -4.55. The molecule has 0 saturated heterocycles. The fraction of sp³-hybridized carbons (Fsp3) is 0.0625. The van der Waals surface area contributed by atoms with E-state index in [-0.39, 0.29) is 5.02 Å². The molecule has 1 aromatic heterocycles. The van der Waals surface area contributed by atoms with E-state index in [0.717, 1.165) is 6.07 Å². The fourth-order valence-electron chi connectivity index (χ4n) is 2.17. The Labute approximate surface area is 140 Å². The first-order valence-electron chi connectivity index (χ1n) is 6.54. The average molecular weight is 357 g/mol. The number of hydrogen-bond acceptors (Lipinski definition) is 1. The number of alkyl halides is 3. The summed E-state index contributed by atoms with van der Waals surface area (Å²) >= 11 is 12.0. The van der Waals surface area contributed by atoms with Gasteiger partial charge in [0.25, 0.3) is 0 Å². The zero-order chi connectivity index (χ0) is 16.6. The highest BCUT2D eigenvalue weighted by atomic mass is 35.5. The van der Waals surface area contributed by atoms with E-state index in [9.17, 15) is 13.2 Å². The third-order valence-electron chi connectivity index (χ3n) is 3.21. The summed E-state index contributed by atoms with van der Waals surface area (Å²) in [5, 5.41) is 4.29. The molecule has 0 radical (unpaired) electrons. The summed E-state index contributed by atoms with van der Waals surface area (Å²) in [6.07, 6.45) is -4.55. The number of halogens is 5. The van der Waals surface area contributed by atoms with Crippen LogP contribution in [0.25, 0.3) is 16.9 Å². The summed E-state index contributed by atoms with van der Waals surface area (Å²) in [4.78, 5) is 0. The van der Waals surface area contributed by atoms with E-state index in [1.165, 1.54) is 16.8 Å². The molecule has 0 aliphatic carbocycles. The summed E-state index contributed by atoms with van der Waals surface area (Å²) < 4.78 is 40.3. The molecule has 3 rings (SSSR count). The van der Waals surface area contributed by atoms with Crippen LogP contribution < -0.4 is 0 Å². The molecule has 3 aromatic rings. The predicted molar refractivity (Wildman–Crippen MR) is 84.0 cm³/mol. The van der Waals surface area contributed by atoms with Crippen molar-refractivity contribution < 1.29 is 13.2 Å². The van der Waals surface area contributed by atoms with Crippen LogP contribution in [0.15, 0.2) is 54.6 Å². The van der Waals surface area contributed by atoms with Gasteiger partial charge in [0.1, 0.15) is 0 Å². The number of benzene rings is 2. The Kier molecular flexibility index (Phi) is 4.08. The lowest BCUT2D eigenvalue weighted by molar-refractivity contribution is -0.141. The maximum Gasteiger partial charge on any atom is 0.435 e. The fourth-order valence-corrected chi connectivity index (χ4v) is 2.66. The van der Waals surface area contributed by atoms with Crippen molar-refractivity contribution in [3.05, 3.63) is 70.3 Å². The Morgan fingerprint density at radius 1 is 0.913 bits per heavy atom. The Hall–Kier alpha value is -1.98. The Morgan fingerprint density at radius 3 is 2.22 bits per heavy atom. The Bertz CT molecular complexity index is 842. The summed E-state index contributed by atoms with van der Waals surface area (Å²) in [6, 6.07) is 14.2. The molecule has 0 bridgehead atoms. The second-order valence-electron chi connectivity index (χ2n) is 4.79. The maximum atomic E-state index is 13.0. The quantitative estimate of drug-likeness (QED) is 0.561. The molecule has 7 heteroatoms. The maximum absolute atomic E-state index is 13.0. The van der Waals surface area contributed by atoms with Gasteiger partial charge in [-0.1, -0.05) is 53.5 Å². The first-order chi connectivity index (χ1) is 10.9. The topological polar surface area (TPSA) is 17.8 Å². The van der Waals surface area contributed by atoms with E-state index >= 15 is 0 Å². The van der Waals surface area contributed by atoms with Gasteiger partial charge < -0.3 is 0 Å². The molecule has 0 spiro atoms. The molecule has 1 heterocycles. The first-order valence-corrected chi connectivity index (χ1v) is 7.30. The first kappa shape index (κ1) is 15.9. The number of nitrogens with zero attached hydrogens (tertiary/aromatic N) is 2. The van der Waals surface area contributed by atoms with Gasteiger partial charge in [0.15, 0.2) is 5.69 Å². The van der Waals surface area contributed by atoms with Crippen molar-refractivity contribution >= 4 is 23.2 Å². The number of aromatic nitrogens is 2. The standard InChI is InChI=1S/C16H9Cl2F3N2/c17-11-6-7-13(12(18)8-11)23-14(10-4-2-1-3-5-10)9-15(22-23)16(19,20)21/h1-9H. The van der Waals surface area contributed by atoms with E-state index in [1.807, 2.05) is 0 Å².